The number of aliphatic hydroxyl groups is 1. The molecule has 0 aliphatic heterocycles. The van der Waals surface area contributed by atoms with Gasteiger partial charge in [0.15, 0.2) is 0 Å². The number of hydrogen-bond donors (Lipinski definition) is 4. The molecular weight excluding hydrogens is 270 g/mol. The van der Waals surface area contributed by atoms with E-state index in [9.17, 15) is 15.0 Å². The number of carbonyl (C=O) groups is 1. The molecule has 106 valence electrons. The first-order valence-electron chi connectivity index (χ1n) is 6.14. The molecule has 2 rings (SSSR count). The van der Waals surface area contributed by atoms with Gasteiger partial charge in [-0.15, -0.1) is 0 Å². The molecule has 0 heterocycles. The van der Waals surface area contributed by atoms with Crippen LogP contribution in [0.25, 0.3) is 0 Å². The quantitative estimate of drug-likeness (QED) is 0.631. The molecule has 21 heavy (non-hydrogen) atoms. The molecule has 0 bridgehead atoms. The van der Waals surface area contributed by atoms with Crippen molar-refractivity contribution in [3.8, 4) is 23.3 Å². The van der Waals surface area contributed by atoms with Crippen LogP contribution in [0, 0.1) is 11.8 Å². The van der Waals surface area contributed by atoms with Crippen LogP contribution in [-0.2, 0) is 0 Å². The Balaban J connectivity index is 2.16. The first-order valence-corrected chi connectivity index (χ1v) is 6.14. The summed E-state index contributed by atoms with van der Waals surface area (Å²) in [6.07, 6.45) is 0. The number of benzene rings is 2. The number of aromatic hydroxyl groups is 2. The van der Waals surface area contributed by atoms with Gasteiger partial charge in [0.2, 0.25) is 0 Å². The van der Waals surface area contributed by atoms with Crippen molar-refractivity contribution < 1.29 is 20.1 Å². The summed E-state index contributed by atoms with van der Waals surface area (Å²) in [6, 6.07) is 10.7. The van der Waals surface area contributed by atoms with Crippen molar-refractivity contribution in [1.29, 1.82) is 0 Å². The van der Waals surface area contributed by atoms with Crippen molar-refractivity contribution in [3.05, 3.63) is 53.6 Å². The number of amides is 1. The van der Waals surface area contributed by atoms with Crippen molar-refractivity contribution in [2.24, 2.45) is 0 Å². The Kier molecular flexibility index (Phi) is 4.44. The van der Waals surface area contributed by atoms with Crippen LogP contribution in [0.4, 0.5) is 5.69 Å². The van der Waals surface area contributed by atoms with Gasteiger partial charge in [0.1, 0.15) is 23.7 Å². The third-order valence-corrected chi connectivity index (χ3v) is 2.70. The molecule has 0 aliphatic rings. The highest BCUT2D eigenvalue weighted by Crippen LogP contribution is 2.27. The number of anilines is 1. The SMILES string of the molecule is O=C(Nc1ccc(C#CCO)cc1)c1c(O)cccc1O. The first kappa shape index (κ1) is 14.4. The fraction of sp³-hybridized carbons (Fsp3) is 0.0625. The maximum absolute atomic E-state index is 12.0. The van der Waals surface area contributed by atoms with Gasteiger partial charge in [-0.25, -0.2) is 0 Å². The molecule has 4 N–H and O–H groups in total. The van der Waals surface area contributed by atoms with Crippen molar-refractivity contribution in [2.45, 2.75) is 0 Å². The molecule has 0 spiro atoms. The van der Waals surface area contributed by atoms with E-state index in [0.717, 1.165) is 0 Å². The van der Waals surface area contributed by atoms with E-state index in [2.05, 4.69) is 17.2 Å². The predicted octanol–water partition coefficient (Wildman–Crippen LogP) is 1.69. The van der Waals surface area contributed by atoms with E-state index < -0.39 is 5.91 Å². The van der Waals surface area contributed by atoms with Crippen LogP contribution in [0.3, 0.4) is 0 Å². The molecule has 5 nitrogen and oxygen atoms in total. The highest BCUT2D eigenvalue weighted by atomic mass is 16.3. The standard InChI is InChI=1S/C16H13NO4/c18-10-2-3-11-6-8-12(9-7-11)17-16(21)15-13(19)4-1-5-14(15)20/h1,4-9,18-20H,10H2,(H,17,21). The van der Waals surface area contributed by atoms with Gasteiger partial charge in [0, 0.05) is 11.3 Å². The lowest BCUT2D eigenvalue weighted by Gasteiger charge is -2.08. The summed E-state index contributed by atoms with van der Waals surface area (Å²) in [6.45, 7) is -0.217. The summed E-state index contributed by atoms with van der Waals surface area (Å²) < 4.78 is 0. The number of phenols is 2. The van der Waals surface area contributed by atoms with Gasteiger partial charge in [0.05, 0.1) is 0 Å². The maximum atomic E-state index is 12.0. The van der Waals surface area contributed by atoms with E-state index in [1.807, 2.05) is 0 Å². The van der Waals surface area contributed by atoms with Gasteiger partial charge < -0.3 is 20.6 Å². The monoisotopic (exact) mass is 283 g/mol. The van der Waals surface area contributed by atoms with Crippen molar-refractivity contribution in [3.63, 3.8) is 0 Å². The molecule has 2 aromatic carbocycles. The molecule has 5 heteroatoms. The van der Waals surface area contributed by atoms with Crippen LogP contribution in [0.15, 0.2) is 42.5 Å². The Bertz CT molecular complexity index is 691. The van der Waals surface area contributed by atoms with Gasteiger partial charge in [-0.2, -0.15) is 0 Å². The Morgan fingerprint density at radius 3 is 2.24 bits per heavy atom. The summed E-state index contributed by atoms with van der Waals surface area (Å²) in [7, 11) is 0. The predicted molar refractivity (Wildman–Crippen MR) is 78.1 cm³/mol. The van der Waals surface area contributed by atoms with Crippen molar-refractivity contribution >= 4 is 11.6 Å². The molecule has 0 unspecified atom stereocenters. The molecule has 2 aromatic rings. The summed E-state index contributed by atoms with van der Waals surface area (Å²) in [5.41, 5.74) is 1.02. The smallest absolute Gasteiger partial charge is 0.263 e. The minimum atomic E-state index is -0.611. The number of hydrogen-bond acceptors (Lipinski definition) is 4. The second-order valence-corrected chi connectivity index (χ2v) is 4.16. The highest BCUT2D eigenvalue weighted by molar-refractivity contribution is 6.08. The zero-order chi connectivity index (χ0) is 15.2. The van der Waals surface area contributed by atoms with E-state index in [1.54, 1.807) is 24.3 Å². The summed E-state index contributed by atoms with van der Waals surface area (Å²) in [4.78, 5) is 12.0. The minimum absolute atomic E-state index is 0.179. The summed E-state index contributed by atoms with van der Waals surface area (Å²) in [5.74, 6) is 4.05. The van der Waals surface area contributed by atoms with Crippen molar-refractivity contribution in [2.75, 3.05) is 11.9 Å². The number of nitrogens with one attached hydrogen (secondary N) is 1. The lowest BCUT2D eigenvalue weighted by atomic mass is 10.1. The van der Waals surface area contributed by atoms with Crippen LogP contribution >= 0.6 is 0 Å². The molecular formula is C16H13NO4. The number of carbonyl (C=O) groups excluding carboxylic acids is 1. The van der Waals surface area contributed by atoms with E-state index in [4.69, 9.17) is 5.11 Å². The van der Waals surface area contributed by atoms with Gasteiger partial charge in [-0.05, 0) is 36.4 Å². The molecule has 1 amide bonds. The van der Waals surface area contributed by atoms with Crippen LogP contribution in [0.1, 0.15) is 15.9 Å². The lowest BCUT2D eigenvalue weighted by Crippen LogP contribution is -2.12. The Hall–Kier alpha value is -2.97. The molecule has 0 atom stereocenters. The van der Waals surface area contributed by atoms with E-state index in [1.165, 1.54) is 18.2 Å². The van der Waals surface area contributed by atoms with Crippen LogP contribution in [0.5, 0.6) is 11.5 Å². The maximum Gasteiger partial charge on any atom is 0.263 e. The second-order valence-electron chi connectivity index (χ2n) is 4.16. The van der Waals surface area contributed by atoms with Crippen LogP contribution < -0.4 is 5.32 Å². The zero-order valence-corrected chi connectivity index (χ0v) is 11.0. The van der Waals surface area contributed by atoms with Crippen LogP contribution in [0.2, 0.25) is 0 Å². The summed E-state index contributed by atoms with van der Waals surface area (Å²) >= 11 is 0. The fourth-order valence-corrected chi connectivity index (χ4v) is 1.73. The average Bonchev–Trinajstić information content (AvgIpc) is 2.46. The second kappa shape index (κ2) is 6.46. The average molecular weight is 283 g/mol. The largest absolute Gasteiger partial charge is 0.507 e. The molecule has 0 fully saturated rings. The van der Waals surface area contributed by atoms with E-state index in [-0.39, 0.29) is 23.7 Å². The van der Waals surface area contributed by atoms with Gasteiger partial charge in [0.25, 0.3) is 5.91 Å². The van der Waals surface area contributed by atoms with Crippen molar-refractivity contribution in [1.82, 2.24) is 0 Å². The van der Waals surface area contributed by atoms with E-state index >= 15 is 0 Å². The normalized spacial score (nSPS) is 9.57. The summed E-state index contributed by atoms with van der Waals surface area (Å²) in [5, 5.41) is 30.4. The van der Waals surface area contributed by atoms with Gasteiger partial charge in [-0.1, -0.05) is 17.9 Å². The number of rotatable bonds is 2. The lowest BCUT2D eigenvalue weighted by molar-refractivity contribution is 0.102. The third-order valence-electron chi connectivity index (χ3n) is 2.70. The molecule has 0 saturated heterocycles. The third kappa shape index (κ3) is 3.53. The number of phenolic OH excluding ortho intramolecular Hbond substituents is 2. The fourth-order valence-electron chi connectivity index (χ4n) is 1.73. The Morgan fingerprint density at radius 1 is 1.05 bits per heavy atom. The molecule has 0 aliphatic carbocycles. The Morgan fingerprint density at radius 2 is 1.67 bits per heavy atom. The topological polar surface area (TPSA) is 89.8 Å². The zero-order valence-electron chi connectivity index (χ0n) is 11.0. The molecule has 0 radical (unpaired) electrons. The molecule has 0 aromatic heterocycles. The first-order chi connectivity index (χ1) is 10.1. The Labute approximate surface area is 121 Å². The highest BCUT2D eigenvalue weighted by Gasteiger charge is 2.15. The van der Waals surface area contributed by atoms with Gasteiger partial charge in [-0.3, -0.25) is 4.79 Å². The molecule has 0 saturated carbocycles. The number of aliphatic hydroxyl groups excluding tert-OH is 1. The van der Waals surface area contributed by atoms with Crippen LogP contribution in [-0.4, -0.2) is 27.8 Å². The van der Waals surface area contributed by atoms with Gasteiger partial charge >= 0.3 is 0 Å². The minimum Gasteiger partial charge on any atom is -0.507 e. The van der Waals surface area contributed by atoms with E-state index in [0.29, 0.717) is 11.3 Å².